The van der Waals surface area contributed by atoms with E-state index in [2.05, 4.69) is 5.32 Å². The molecule has 2 aromatic rings. The number of aromatic nitrogens is 1. The lowest BCUT2D eigenvalue weighted by molar-refractivity contribution is 0.0911. The Hall–Kier alpha value is -1.48. The highest BCUT2D eigenvalue weighted by atomic mass is 35.5. The quantitative estimate of drug-likeness (QED) is 0.842. The Morgan fingerprint density at radius 3 is 2.56 bits per heavy atom. The molecule has 0 spiro atoms. The summed E-state index contributed by atoms with van der Waals surface area (Å²) in [7, 11) is 1.88. The average molecular weight is 265 g/mol. The molecular formula is C14H17ClN2O. The summed E-state index contributed by atoms with van der Waals surface area (Å²) in [6.07, 6.45) is 0. The molecule has 1 N–H and O–H groups in total. The van der Waals surface area contributed by atoms with Gasteiger partial charge < -0.3 is 9.88 Å². The largest absolute Gasteiger partial charge is 0.346 e. The maximum absolute atomic E-state index is 12.2. The van der Waals surface area contributed by atoms with Crippen LogP contribution in [-0.2, 0) is 7.05 Å². The van der Waals surface area contributed by atoms with E-state index in [1.165, 1.54) is 0 Å². The lowest BCUT2D eigenvalue weighted by Crippen LogP contribution is -2.41. The van der Waals surface area contributed by atoms with Gasteiger partial charge in [-0.3, -0.25) is 4.79 Å². The number of aryl methyl sites for hydroxylation is 1. The molecule has 0 saturated heterocycles. The first kappa shape index (κ1) is 13.0. The SMILES string of the molecule is Cn1c(C(=O)NC(C)(C)C)cc2cc(Cl)ccc21. The molecule has 0 fully saturated rings. The van der Waals surface area contributed by atoms with Crippen LogP contribution in [0, 0.1) is 0 Å². The first-order chi connectivity index (χ1) is 8.28. The molecule has 4 heteroatoms. The van der Waals surface area contributed by atoms with Crippen LogP contribution in [0.1, 0.15) is 31.3 Å². The van der Waals surface area contributed by atoms with Gasteiger partial charge in [-0.25, -0.2) is 0 Å². The standard InChI is InChI=1S/C14H17ClN2O/c1-14(2,3)16-13(18)12-8-9-7-10(15)5-6-11(9)17(12)4/h5-8H,1-4H3,(H,16,18). The van der Waals surface area contributed by atoms with Gasteiger partial charge in [-0.05, 0) is 45.0 Å². The molecule has 0 aliphatic heterocycles. The van der Waals surface area contributed by atoms with E-state index in [0.29, 0.717) is 10.7 Å². The summed E-state index contributed by atoms with van der Waals surface area (Å²) >= 11 is 5.96. The number of rotatable bonds is 1. The van der Waals surface area contributed by atoms with E-state index >= 15 is 0 Å². The third kappa shape index (κ3) is 2.51. The lowest BCUT2D eigenvalue weighted by atomic mass is 10.1. The number of hydrogen-bond acceptors (Lipinski definition) is 1. The van der Waals surface area contributed by atoms with Crippen molar-refractivity contribution in [2.24, 2.45) is 7.05 Å². The Morgan fingerprint density at radius 1 is 1.28 bits per heavy atom. The van der Waals surface area contributed by atoms with Gasteiger partial charge in [0.1, 0.15) is 5.69 Å². The second kappa shape index (κ2) is 4.32. The van der Waals surface area contributed by atoms with Gasteiger partial charge in [-0.2, -0.15) is 0 Å². The highest BCUT2D eigenvalue weighted by molar-refractivity contribution is 6.31. The van der Waals surface area contributed by atoms with Gasteiger partial charge in [0.2, 0.25) is 0 Å². The van der Waals surface area contributed by atoms with Crippen LogP contribution in [0.2, 0.25) is 5.02 Å². The predicted molar refractivity (Wildman–Crippen MR) is 75.1 cm³/mol. The van der Waals surface area contributed by atoms with Crippen LogP contribution >= 0.6 is 11.6 Å². The van der Waals surface area contributed by atoms with Gasteiger partial charge >= 0.3 is 0 Å². The summed E-state index contributed by atoms with van der Waals surface area (Å²) in [4.78, 5) is 12.2. The molecular weight excluding hydrogens is 248 g/mol. The van der Waals surface area contributed by atoms with E-state index in [0.717, 1.165) is 10.9 Å². The number of fused-ring (bicyclic) bond motifs is 1. The van der Waals surface area contributed by atoms with Crippen LogP contribution in [0.5, 0.6) is 0 Å². The van der Waals surface area contributed by atoms with Gasteiger partial charge in [0.15, 0.2) is 0 Å². The molecule has 0 aliphatic rings. The van der Waals surface area contributed by atoms with E-state index in [1.807, 2.05) is 56.7 Å². The summed E-state index contributed by atoms with van der Waals surface area (Å²) in [5, 5.41) is 4.61. The average Bonchev–Trinajstić information content (AvgIpc) is 2.53. The number of hydrogen-bond donors (Lipinski definition) is 1. The second-order valence-electron chi connectivity index (χ2n) is 5.50. The van der Waals surface area contributed by atoms with Crippen molar-refractivity contribution in [2.45, 2.75) is 26.3 Å². The third-order valence-corrected chi connectivity index (χ3v) is 2.96. The van der Waals surface area contributed by atoms with Crippen molar-refractivity contribution in [3.8, 4) is 0 Å². The fourth-order valence-corrected chi connectivity index (χ4v) is 2.12. The van der Waals surface area contributed by atoms with Crippen LogP contribution in [0.15, 0.2) is 24.3 Å². The topological polar surface area (TPSA) is 34.0 Å². The number of benzene rings is 1. The number of halogens is 1. The number of carbonyl (C=O) groups is 1. The van der Waals surface area contributed by atoms with Crippen molar-refractivity contribution in [2.75, 3.05) is 0 Å². The van der Waals surface area contributed by atoms with E-state index in [9.17, 15) is 4.79 Å². The minimum atomic E-state index is -0.245. The molecule has 96 valence electrons. The highest BCUT2D eigenvalue weighted by Crippen LogP contribution is 2.22. The third-order valence-electron chi connectivity index (χ3n) is 2.73. The van der Waals surface area contributed by atoms with E-state index in [4.69, 9.17) is 11.6 Å². The maximum atomic E-state index is 12.2. The van der Waals surface area contributed by atoms with Gasteiger partial charge in [-0.15, -0.1) is 0 Å². The van der Waals surface area contributed by atoms with Crippen LogP contribution in [0.25, 0.3) is 10.9 Å². The fraction of sp³-hybridized carbons (Fsp3) is 0.357. The predicted octanol–water partition coefficient (Wildman–Crippen LogP) is 3.36. The van der Waals surface area contributed by atoms with Crippen molar-refractivity contribution in [1.29, 1.82) is 0 Å². The van der Waals surface area contributed by atoms with Crippen molar-refractivity contribution in [3.63, 3.8) is 0 Å². The number of carbonyl (C=O) groups excluding carboxylic acids is 1. The van der Waals surface area contributed by atoms with Crippen molar-refractivity contribution in [1.82, 2.24) is 9.88 Å². The molecule has 0 unspecified atom stereocenters. The summed E-state index contributed by atoms with van der Waals surface area (Å²) in [5.41, 5.74) is 1.39. The summed E-state index contributed by atoms with van der Waals surface area (Å²) < 4.78 is 1.88. The first-order valence-electron chi connectivity index (χ1n) is 5.85. The molecule has 0 saturated carbocycles. The van der Waals surface area contributed by atoms with E-state index < -0.39 is 0 Å². The summed E-state index contributed by atoms with van der Waals surface area (Å²) in [6, 6.07) is 7.48. The van der Waals surface area contributed by atoms with Crippen molar-refractivity contribution >= 4 is 28.4 Å². The normalized spacial score (nSPS) is 11.8. The summed E-state index contributed by atoms with van der Waals surface area (Å²) in [5.74, 6) is -0.0719. The Balaban J connectivity index is 2.46. The Labute approximate surface area is 112 Å². The summed E-state index contributed by atoms with van der Waals surface area (Å²) in [6.45, 7) is 5.89. The fourth-order valence-electron chi connectivity index (χ4n) is 1.94. The molecule has 2 rings (SSSR count). The van der Waals surface area contributed by atoms with Gasteiger partial charge in [0.25, 0.3) is 5.91 Å². The van der Waals surface area contributed by atoms with Crippen molar-refractivity contribution in [3.05, 3.63) is 35.0 Å². The van der Waals surface area contributed by atoms with Crippen LogP contribution in [0.3, 0.4) is 0 Å². The Morgan fingerprint density at radius 2 is 1.94 bits per heavy atom. The molecule has 0 aliphatic carbocycles. The molecule has 1 amide bonds. The van der Waals surface area contributed by atoms with Crippen LogP contribution in [-0.4, -0.2) is 16.0 Å². The number of amides is 1. The van der Waals surface area contributed by atoms with Crippen LogP contribution < -0.4 is 5.32 Å². The Bertz CT molecular complexity index is 608. The minimum absolute atomic E-state index is 0.0719. The smallest absolute Gasteiger partial charge is 0.268 e. The molecule has 0 atom stereocenters. The van der Waals surface area contributed by atoms with Gasteiger partial charge in [-0.1, -0.05) is 11.6 Å². The molecule has 18 heavy (non-hydrogen) atoms. The van der Waals surface area contributed by atoms with E-state index in [-0.39, 0.29) is 11.4 Å². The molecule has 1 heterocycles. The number of nitrogens with zero attached hydrogens (tertiary/aromatic N) is 1. The zero-order valence-electron chi connectivity index (χ0n) is 11.0. The van der Waals surface area contributed by atoms with Gasteiger partial charge in [0, 0.05) is 28.5 Å². The minimum Gasteiger partial charge on any atom is -0.346 e. The van der Waals surface area contributed by atoms with Crippen LogP contribution in [0.4, 0.5) is 0 Å². The van der Waals surface area contributed by atoms with E-state index in [1.54, 1.807) is 0 Å². The zero-order valence-corrected chi connectivity index (χ0v) is 11.8. The molecule has 1 aromatic heterocycles. The zero-order chi connectivity index (χ0) is 13.5. The monoisotopic (exact) mass is 264 g/mol. The second-order valence-corrected chi connectivity index (χ2v) is 5.93. The highest BCUT2D eigenvalue weighted by Gasteiger charge is 2.18. The molecule has 0 bridgehead atoms. The maximum Gasteiger partial charge on any atom is 0.268 e. The molecule has 0 radical (unpaired) electrons. The molecule has 3 nitrogen and oxygen atoms in total. The molecule has 1 aromatic carbocycles. The number of nitrogens with one attached hydrogen (secondary N) is 1. The van der Waals surface area contributed by atoms with Gasteiger partial charge in [0.05, 0.1) is 0 Å². The lowest BCUT2D eigenvalue weighted by Gasteiger charge is -2.20. The Kier molecular flexibility index (Phi) is 3.11. The van der Waals surface area contributed by atoms with Crippen molar-refractivity contribution < 1.29 is 4.79 Å². The first-order valence-corrected chi connectivity index (χ1v) is 6.23.